The highest BCUT2D eigenvalue weighted by Gasteiger charge is 2.19. The van der Waals surface area contributed by atoms with Gasteiger partial charge in [-0.05, 0) is 24.6 Å². The van der Waals surface area contributed by atoms with Gasteiger partial charge < -0.3 is 10.3 Å². The number of benzene rings is 2. The lowest BCUT2D eigenvalue weighted by atomic mass is 10.00. The van der Waals surface area contributed by atoms with Crippen LogP contribution in [-0.4, -0.2) is 5.16 Å². The van der Waals surface area contributed by atoms with Crippen LogP contribution in [0.2, 0.25) is 0 Å². The lowest BCUT2D eigenvalue weighted by molar-refractivity contribution is 0.439. The third-order valence-corrected chi connectivity index (χ3v) is 3.85. The zero-order valence-corrected chi connectivity index (χ0v) is 12.5. The molecule has 2 aromatic carbocycles. The molecule has 3 aromatic rings. The third kappa shape index (κ3) is 2.23. The van der Waals surface area contributed by atoms with Gasteiger partial charge in [0.15, 0.2) is 0 Å². The van der Waals surface area contributed by atoms with Crippen LogP contribution in [0.1, 0.15) is 5.56 Å². The first-order valence-electron chi connectivity index (χ1n) is 6.24. The second kappa shape index (κ2) is 5.13. The van der Waals surface area contributed by atoms with Crippen LogP contribution in [0.4, 0.5) is 5.88 Å². The van der Waals surface area contributed by atoms with Crippen molar-refractivity contribution >= 4 is 21.8 Å². The van der Waals surface area contributed by atoms with Crippen molar-refractivity contribution in [3.63, 3.8) is 0 Å². The maximum atomic E-state index is 5.95. The molecular weight excluding hydrogens is 316 g/mol. The monoisotopic (exact) mass is 328 g/mol. The van der Waals surface area contributed by atoms with Crippen LogP contribution in [0.15, 0.2) is 57.5 Å². The number of halogens is 1. The molecule has 1 aromatic heterocycles. The second-order valence-corrected chi connectivity index (χ2v) is 5.47. The quantitative estimate of drug-likeness (QED) is 0.744. The summed E-state index contributed by atoms with van der Waals surface area (Å²) in [6, 6.07) is 16.0. The van der Waals surface area contributed by atoms with Crippen LogP contribution < -0.4 is 5.73 Å². The van der Waals surface area contributed by atoms with Crippen molar-refractivity contribution in [1.29, 1.82) is 0 Å². The van der Waals surface area contributed by atoms with E-state index in [1.807, 2.05) is 49.4 Å². The van der Waals surface area contributed by atoms with Gasteiger partial charge in [0.05, 0.1) is 5.56 Å². The minimum atomic E-state index is 0.333. The maximum absolute atomic E-state index is 5.95. The highest BCUT2D eigenvalue weighted by Crippen LogP contribution is 2.39. The van der Waals surface area contributed by atoms with Gasteiger partial charge in [-0.15, -0.1) is 0 Å². The van der Waals surface area contributed by atoms with E-state index in [4.69, 9.17) is 10.3 Å². The number of hydrogen-bond acceptors (Lipinski definition) is 3. The molecule has 0 saturated heterocycles. The van der Waals surface area contributed by atoms with Crippen molar-refractivity contribution in [1.82, 2.24) is 5.16 Å². The average molecular weight is 329 g/mol. The standard InChI is InChI=1S/C16H13BrN2O/c1-10-7-8-13(17)12(9-10)15-14(16(18)20-19-15)11-5-3-2-4-6-11/h2-9H,18H2,1H3. The van der Waals surface area contributed by atoms with Crippen LogP contribution in [0.25, 0.3) is 22.4 Å². The van der Waals surface area contributed by atoms with E-state index in [1.54, 1.807) is 0 Å². The molecule has 2 N–H and O–H groups in total. The highest BCUT2D eigenvalue weighted by atomic mass is 79.9. The Hall–Kier alpha value is -2.07. The van der Waals surface area contributed by atoms with Crippen molar-refractivity contribution in [3.8, 4) is 22.4 Å². The normalized spacial score (nSPS) is 10.7. The summed E-state index contributed by atoms with van der Waals surface area (Å²) in [7, 11) is 0. The minimum Gasteiger partial charge on any atom is -0.367 e. The van der Waals surface area contributed by atoms with Gasteiger partial charge in [0.2, 0.25) is 5.88 Å². The Kier molecular flexibility index (Phi) is 3.32. The fourth-order valence-corrected chi connectivity index (χ4v) is 2.63. The van der Waals surface area contributed by atoms with Crippen LogP contribution in [0.5, 0.6) is 0 Å². The molecule has 0 saturated carbocycles. The van der Waals surface area contributed by atoms with Gasteiger partial charge in [-0.2, -0.15) is 0 Å². The Bertz CT molecular complexity index is 750. The van der Waals surface area contributed by atoms with E-state index in [0.717, 1.165) is 32.4 Å². The molecular formula is C16H13BrN2O. The predicted octanol–water partition coefficient (Wildman–Crippen LogP) is 4.66. The van der Waals surface area contributed by atoms with Crippen molar-refractivity contribution in [2.45, 2.75) is 6.92 Å². The van der Waals surface area contributed by atoms with E-state index >= 15 is 0 Å². The van der Waals surface area contributed by atoms with Crippen molar-refractivity contribution in [3.05, 3.63) is 58.6 Å². The molecule has 0 radical (unpaired) electrons. The average Bonchev–Trinajstić information content (AvgIpc) is 2.84. The Morgan fingerprint density at radius 2 is 1.85 bits per heavy atom. The van der Waals surface area contributed by atoms with Crippen LogP contribution in [-0.2, 0) is 0 Å². The molecule has 0 atom stereocenters. The molecule has 0 unspecified atom stereocenters. The molecule has 0 bridgehead atoms. The van der Waals surface area contributed by atoms with E-state index in [-0.39, 0.29) is 0 Å². The number of anilines is 1. The van der Waals surface area contributed by atoms with Crippen LogP contribution in [0, 0.1) is 6.92 Å². The summed E-state index contributed by atoms with van der Waals surface area (Å²) in [5.41, 5.74) is 10.7. The van der Waals surface area contributed by atoms with E-state index in [9.17, 15) is 0 Å². The van der Waals surface area contributed by atoms with Crippen molar-refractivity contribution in [2.24, 2.45) is 0 Å². The van der Waals surface area contributed by atoms with E-state index < -0.39 is 0 Å². The van der Waals surface area contributed by atoms with Gasteiger partial charge in [0, 0.05) is 10.0 Å². The minimum absolute atomic E-state index is 0.333. The Morgan fingerprint density at radius 3 is 2.60 bits per heavy atom. The largest absolute Gasteiger partial charge is 0.367 e. The molecule has 0 aliphatic heterocycles. The smallest absolute Gasteiger partial charge is 0.230 e. The van der Waals surface area contributed by atoms with Crippen molar-refractivity contribution < 1.29 is 4.52 Å². The summed E-state index contributed by atoms with van der Waals surface area (Å²) in [5.74, 6) is 0.333. The number of nitrogen functional groups attached to an aromatic ring is 1. The molecule has 0 fully saturated rings. The number of aryl methyl sites for hydroxylation is 1. The second-order valence-electron chi connectivity index (χ2n) is 4.62. The predicted molar refractivity (Wildman–Crippen MR) is 84.2 cm³/mol. The molecule has 0 aliphatic rings. The molecule has 20 heavy (non-hydrogen) atoms. The number of nitrogens with zero attached hydrogens (tertiary/aromatic N) is 1. The third-order valence-electron chi connectivity index (χ3n) is 3.16. The topological polar surface area (TPSA) is 52.0 Å². The van der Waals surface area contributed by atoms with Gasteiger partial charge in [-0.3, -0.25) is 0 Å². The number of aromatic nitrogens is 1. The van der Waals surface area contributed by atoms with E-state index in [1.165, 1.54) is 0 Å². The number of rotatable bonds is 2. The summed E-state index contributed by atoms with van der Waals surface area (Å²) < 4.78 is 6.17. The zero-order valence-electron chi connectivity index (χ0n) is 10.9. The molecule has 0 spiro atoms. The van der Waals surface area contributed by atoms with Gasteiger partial charge in [0.25, 0.3) is 0 Å². The summed E-state index contributed by atoms with van der Waals surface area (Å²) in [6.07, 6.45) is 0. The van der Waals surface area contributed by atoms with Crippen LogP contribution in [0.3, 0.4) is 0 Å². The Morgan fingerprint density at radius 1 is 1.10 bits per heavy atom. The highest BCUT2D eigenvalue weighted by molar-refractivity contribution is 9.10. The molecule has 0 aliphatic carbocycles. The van der Waals surface area contributed by atoms with E-state index in [0.29, 0.717) is 5.88 Å². The molecule has 3 nitrogen and oxygen atoms in total. The van der Waals surface area contributed by atoms with Crippen molar-refractivity contribution in [2.75, 3.05) is 5.73 Å². The summed E-state index contributed by atoms with van der Waals surface area (Å²) in [5, 5.41) is 4.13. The van der Waals surface area contributed by atoms with Crippen LogP contribution >= 0.6 is 15.9 Å². The Labute approximate surface area is 125 Å². The summed E-state index contributed by atoms with van der Waals surface area (Å²) in [6.45, 7) is 2.04. The lowest BCUT2D eigenvalue weighted by Crippen LogP contribution is -1.89. The molecule has 1 heterocycles. The Balaban J connectivity index is 2.24. The first kappa shape index (κ1) is 12.9. The fraction of sp³-hybridized carbons (Fsp3) is 0.0625. The number of hydrogen-bond donors (Lipinski definition) is 1. The fourth-order valence-electron chi connectivity index (χ4n) is 2.19. The number of nitrogens with two attached hydrogens (primary N) is 1. The summed E-state index contributed by atoms with van der Waals surface area (Å²) in [4.78, 5) is 0. The molecule has 0 amide bonds. The molecule has 3 rings (SSSR count). The van der Waals surface area contributed by atoms with E-state index in [2.05, 4.69) is 27.2 Å². The molecule has 100 valence electrons. The summed E-state index contributed by atoms with van der Waals surface area (Å²) >= 11 is 3.56. The van der Waals surface area contributed by atoms with Gasteiger partial charge >= 0.3 is 0 Å². The van der Waals surface area contributed by atoms with Gasteiger partial charge in [-0.1, -0.05) is 63.0 Å². The molecule has 4 heteroatoms. The lowest BCUT2D eigenvalue weighted by Gasteiger charge is -2.06. The SMILES string of the molecule is Cc1ccc(Br)c(-c2noc(N)c2-c2ccccc2)c1. The van der Waals surface area contributed by atoms with Gasteiger partial charge in [0.1, 0.15) is 5.69 Å². The first-order chi connectivity index (χ1) is 9.66. The first-order valence-corrected chi connectivity index (χ1v) is 7.03. The van der Waals surface area contributed by atoms with Gasteiger partial charge in [-0.25, -0.2) is 0 Å². The maximum Gasteiger partial charge on any atom is 0.230 e. The zero-order chi connectivity index (χ0) is 14.1.